The Morgan fingerprint density at radius 3 is 2.76 bits per heavy atom. The summed E-state index contributed by atoms with van der Waals surface area (Å²) in [6.45, 7) is 2.68. The van der Waals surface area contributed by atoms with Crippen LogP contribution in [0, 0.1) is 17.6 Å². The van der Waals surface area contributed by atoms with E-state index in [0.29, 0.717) is 22.2 Å². The van der Waals surface area contributed by atoms with Gasteiger partial charge in [0.15, 0.2) is 0 Å². The second kappa shape index (κ2) is 8.79. The van der Waals surface area contributed by atoms with Crippen molar-refractivity contribution in [3.8, 4) is 0 Å². The number of nitrogens with one attached hydrogen (secondary N) is 2. The maximum Gasteiger partial charge on any atom is 0.341 e. The van der Waals surface area contributed by atoms with Crippen molar-refractivity contribution in [1.82, 2.24) is 10.2 Å². The molecule has 4 rings (SSSR count). The molecule has 2 N–H and O–H groups in total. The van der Waals surface area contributed by atoms with Gasteiger partial charge in [0.2, 0.25) is 5.91 Å². The molecule has 1 aliphatic heterocycles. The standard InChI is InChI=1S/C23H23F2N3O5S/c1-11-4-6-13-16(8-11)34-19(18(13)20(30)33-3)26-17(29)10-28-21(31)23(2,27-22(28)32)14-9-12(24)5-7-15(14)25/h5,7,9,11H,4,6,8,10H2,1-3H3,(H,26,29)(H,27,32). The average Bonchev–Trinajstić information content (AvgIpc) is 3.23. The number of carbonyl (C=O) groups excluding carboxylic acids is 4. The number of anilines is 1. The number of halogens is 2. The van der Waals surface area contributed by atoms with Crippen molar-refractivity contribution < 1.29 is 32.7 Å². The van der Waals surface area contributed by atoms with Crippen LogP contribution in [-0.4, -0.2) is 42.4 Å². The SMILES string of the molecule is COC(=O)c1c(NC(=O)CN2C(=O)NC(C)(c3cc(F)ccc3F)C2=O)sc2c1CCC(C)C2. The number of imide groups is 1. The number of benzene rings is 1. The van der Waals surface area contributed by atoms with E-state index in [1.165, 1.54) is 25.4 Å². The number of thiophene rings is 1. The maximum atomic E-state index is 14.3. The van der Waals surface area contributed by atoms with E-state index in [2.05, 4.69) is 17.6 Å². The first-order chi connectivity index (χ1) is 16.0. The van der Waals surface area contributed by atoms with E-state index in [-0.39, 0.29) is 11.1 Å². The number of hydrogen-bond donors (Lipinski definition) is 2. The number of amides is 4. The molecule has 2 atom stereocenters. The number of nitrogens with zero attached hydrogens (tertiary/aromatic N) is 1. The molecule has 2 heterocycles. The summed E-state index contributed by atoms with van der Waals surface area (Å²) in [7, 11) is 1.25. The minimum atomic E-state index is -1.88. The van der Waals surface area contributed by atoms with Gasteiger partial charge in [-0.1, -0.05) is 6.92 Å². The predicted octanol–water partition coefficient (Wildman–Crippen LogP) is 3.34. The second-order valence-corrected chi connectivity index (χ2v) is 9.77. The molecule has 1 saturated heterocycles. The molecule has 2 aliphatic rings. The summed E-state index contributed by atoms with van der Waals surface area (Å²) >= 11 is 1.27. The molecule has 0 saturated carbocycles. The highest BCUT2D eigenvalue weighted by atomic mass is 32.1. The van der Waals surface area contributed by atoms with Crippen LogP contribution in [0.1, 0.15) is 46.6 Å². The van der Waals surface area contributed by atoms with Gasteiger partial charge in [-0.3, -0.25) is 14.5 Å². The lowest BCUT2D eigenvalue weighted by Crippen LogP contribution is -2.42. The van der Waals surface area contributed by atoms with Crippen molar-refractivity contribution >= 4 is 40.2 Å². The van der Waals surface area contributed by atoms with Crippen LogP contribution in [0.15, 0.2) is 18.2 Å². The first-order valence-electron chi connectivity index (χ1n) is 10.7. The monoisotopic (exact) mass is 491 g/mol. The van der Waals surface area contributed by atoms with Crippen LogP contribution in [0.3, 0.4) is 0 Å². The lowest BCUT2D eigenvalue weighted by molar-refractivity contribution is -0.133. The quantitative estimate of drug-likeness (QED) is 0.493. The lowest BCUT2D eigenvalue weighted by Gasteiger charge is -2.22. The number of ether oxygens (including phenoxy) is 1. The summed E-state index contributed by atoms with van der Waals surface area (Å²) in [5.74, 6) is -3.40. The number of urea groups is 1. The van der Waals surface area contributed by atoms with Crippen LogP contribution < -0.4 is 10.6 Å². The number of hydrogen-bond acceptors (Lipinski definition) is 6. The molecule has 2 unspecified atom stereocenters. The Kier molecular flexibility index (Phi) is 6.15. The molecule has 1 fully saturated rings. The molecule has 34 heavy (non-hydrogen) atoms. The first kappa shape index (κ1) is 23.8. The molecular weight excluding hydrogens is 468 g/mol. The van der Waals surface area contributed by atoms with E-state index in [9.17, 15) is 28.0 Å². The maximum absolute atomic E-state index is 14.3. The number of fused-ring (bicyclic) bond motifs is 1. The number of carbonyl (C=O) groups is 4. The fourth-order valence-electron chi connectivity index (χ4n) is 4.37. The Bertz CT molecular complexity index is 1210. The molecular formula is C23H23F2N3O5S. The highest BCUT2D eigenvalue weighted by Gasteiger charge is 2.51. The van der Waals surface area contributed by atoms with Gasteiger partial charge in [0.1, 0.15) is 28.7 Å². The van der Waals surface area contributed by atoms with Gasteiger partial charge in [-0.15, -0.1) is 11.3 Å². The van der Waals surface area contributed by atoms with Gasteiger partial charge in [0.25, 0.3) is 5.91 Å². The zero-order valence-electron chi connectivity index (χ0n) is 18.8. The number of rotatable bonds is 5. The zero-order valence-corrected chi connectivity index (χ0v) is 19.6. The second-order valence-electron chi connectivity index (χ2n) is 8.67. The van der Waals surface area contributed by atoms with Crippen molar-refractivity contribution in [3.63, 3.8) is 0 Å². The van der Waals surface area contributed by atoms with E-state index in [1.807, 2.05) is 0 Å². The van der Waals surface area contributed by atoms with Gasteiger partial charge in [-0.05, 0) is 55.9 Å². The van der Waals surface area contributed by atoms with Crippen LogP contribution in [-0.2, 0) is 32.7 Å². The van der Waals surface area contributed by atoms with Crippen LogP contribution in [0.5, 0.6) is 0 Å². The molecule has 1 aromatic heterocycles. The fraction of sp³-hybridized carbons (Fsp3) is 0.391. The van der Waals surface area contributed by atoms with E-state index in [4.69, 9.17) is 4.74 Å². The minimum absolute atomic E-state index is 0.284. The summed E-state index contributed by atoms with van der Waals surface area (Å²) in [6.07, 6.45) is 2.35. The summed E-state index contributed by atoms with van der Waals surface area (Å²) in [5.41, 5.74) is -1.10. The summed E-state index contributed by atoms with van der Waals surface area (Å²) in [5, 5.41) is 5.26. The number of methoxy groups -OCH3 is 1. The molecule has 1 aliphatic carbocycles. The van der Waals surface area contributed by atoms with E-state index < -0.39 is 47.5 Å². The van der Waals surface area contributed by atoms with Gasteiger partial charge in [-0.25, -0.2) is 18.4 Å². The summed E-state index contributed by atoms with van der Waals surface area (Å²) in [6, 6.07) is 1.67. The third kappa shape index (κ3) is 4.04. The first-order valence-corrected chi connectivity index (χ1v) is 11.5. The van der Waals surface area contributed by atoms with Crippen molar-refractivity contribution in [3.05, 3.63) is 51.4 Å². The Labute approximate surface area is 198 Å². The molecule has 0 spiro atoms. The normalized spacial score (nSPS) is 21.8. The van der Waals surface area contributed by atoms with Crippen LogP contribution >= 0.6 is 11.3 Å². The Hall–Kier alpha value is -3.34. The Morgan fingerprint density at radius 2 is 2.06 bits per heavy atom. The molecule has 4 amide bonds. The number of esters is 1. The van der Waals surface area contributed by atoms with Crippen molar-refractivity contribution in [2.45, 2.75) is 38.6 Å². The molecule has 11 heteroatoms. The van der Waals surface area contributed by atoms with Crippen molar-refractivity contribution in [2.24, 2.45) is 5.92 Å². The van der Waals surface area contributed by atoms with E-state index in [0.717, 1.165) is 41.5 Å². The van der Waals surface area contributed by atoms with Crippen LogP contribution in [0.4, 0.5) is 18.6 Å². The molecule has 0 bridgehead atoms. The van der Waals surface area contributed by atoms with E-state index in [1.54, 1.807) is 0 Å². The summed E-state index contributed by atoms with van der Waals surface area (Å²) in [4.78, 5) is 52.3. The highest BCUT2D eigenvalue weighted by molar-refractivity contribution is 7.17. The smallest absolute Gasteiger partial charge is 0.341 e. The lowest BCUT2D eigenvalue weighted by atomic mass is 9.88. The third-order valence-electron chi connectivity index (χ3n) is 6.20. The van der Waals surface area contributed by atoms with Crippen molar-refractivity contribution in [1.29, 1.82) is 0 Å². The van der Waals surface area contributed by atoms with Gasteiger partial charge in [0, 0.05) is 10.4 Å². The van der Waals surface area contributed by atoms with Gasteiger partial charge in [0.05, 0.1) is 12.7 Å². The average molecular weight is 492 g/mol. The van der Waals surface area contributed by atoms with Crippen LogP contribution in [0.2, 0.25) is 0 Å². The summed E-state index contributed by atoms with van der Waals surface area (Å²) < 4.78 is 32.9. The highest BCUT2D eigenvalue weighted by Crippen LogP contribution is 2.40. The fourth-order valence-corrected chi connectivity index (χ4v) is 5.79. The third-order valence-corrected chi connectivity index (χ3v) is 7.37. The molecule has 180 valence electrons. The molecule has 8 nitrogen and oxygen atoms in total. The van der Waals surface area contributed by atoms with Gasteiger partial charge in [-0.2, -0.15) is 0 Å². The largest absolute Gasteiger partial charge is 0.465 e. The van der Waals surface area contributed by atoms with Crippen molar-refractivity contribution in [2.75, 3.05) is 19.0 Å². The minimum Gasteiger partial charge on any atom is -0.465 e. The van der Waals surface area contributed by atoms with Gasteiger partial charge >= 0.3 is 12.0 Å². The Balaban J connectivity index is 1.56. The zero-order chi connectivity index (χ0) is 24.8. The topological polar surface area (TPSA) is 105 Å². The van der Waals surface area contributed by atoms with Gasteiger partial charge < -0.3 is 15.4 Å². The van der Waals surface area contributed by atoms with E-state index >= 15 is 0 Å². The van der Waals surface area contributed by atoms with Crippen LogP contribution in [0.25, 0.3) is 0 Å². The molecule has 0 radical (unpaired) electrons. The molecule has 2 aromatic rings. The predicted molar refractivity (Wildman–Crippen MR) is 119 cm³/mol. The Morgan fingerprint density at radius 1 is 1.32 bits per heavy atom. The molecule has 1 aromatic carbocycles.